The molecule has 0 N–H and O–H groups in total. The summed E-state index contributed by atoms with van der Waals surface area (Å²) in [6, 6.07) is 31.2. The predicted octanol–water partition coefficient (Wildman–Crippen LogP) is 7.72. The standard InChI is InChI=1S/C13H10.C9H7.C6H7.2ClH.Zr/c1-3-7-12(8-4-1)11-13-9-5-2-6-10-13;1-2-5-9-7-3-6-8(9)4-1;1-6-4-2-3-5-6;;;/h1-10H;1-7H;2,4H,3H2,1H3;2*1H;. The quantitative estimate of drug-likeness (QED) is 0.328. The molecule has 0 bridgehead atoms. The molecular formula is C28H26Cl2Zr. The summed E-state index contributed by atoms with van der Waals surface area (Å²) < 4.78 is 3.91. The minimum atomic E-state index is -2.33. The zero-order valence-corrected chi connectivity index (χ0v) is 21.6. The van der Waals surface area contributed by atoms with Gasteiger partial charge in [-0.2, -0.15) is 0 Å². The molecule has 156 valence electrons. The molecule has 0 radical (unpaired) electrons. The van der Waals surface area contributed by atoms with Gasteiger partial charge in [0.2, 0.25) is 0 Å². The largest absolute Gasteiger partial charge is 0.147 e. The molecule has 3 aromatic carbocycles. The normalized spacial score (nSPS) is 15.8. The molecule has 5 rings (SSSR count). The summed E-state index contributed by atoms with van der Waals surface area (Å²) in [5, 5.41) is 0. The van der Waals surface area contributed by atoms with Gasteiger partial charge in [-0.15, -0.1) is 24.8 Å². The first kappa shape index (κ1) is 23.9. The van der Waals surface area contributed by atoms with E-state index in [1.165, 1.54) is 27.8 Å². The van der Waals surface area contributed by atoms with Gasteiger partial charge in [0.05, 0.1) is 0 Å². The second kappa shape index (κ2) is 10.7. The fraction of sp³-hybridized carbons (Fsp3) is 0.107. The first-order chi connectivity index (χ1) is 14.3. The van der Waals surface area contributed by atoms with Gasteiger partial charge in [-0.25, -0.2) is 0 Å². The molecule has 0 saturated carbocycles. The summed E-state index contributed by atoms with van der Waals surface area (Å²) in [4.78, 5) is 0. The van der Waals surface area contributed by atoms with Crippen LogP contribution in [0.5, 0.6) is 0 Å². The third-order valence-corrected chi connectivity index (χ3v) is 14.6. The second-order valence-corrected chi connectivity index (χ2v) is 14.0. The van der Waals surface area contributed by atoms with Gasteiger partial charge >= 0.3 is 182 Å². The third kappa shape index (κ3) is 4.70. The van der Waals surface area contributed by atoms with Crippen LogP contribution in [0.15, 0.2) is 112 Å². The van der Waals surface area contributed by atoms with E-state index < -0.39 is 21.3 Å². The summed E-state index contributed by atoms with van der Waals surface area (Å²) in [6.45, 7) is 2.32. The molecule has 0 aromatic heterocycles. The zero-order chi connectivity index (χ0) is 19.6. The van der Waals surface area contributed by atoms with Crippen LogP contribution >= 0.6 is 24.8 Å². The van der Waals surface area contributed by atoms with Crippen LogP contribution in [0.2, 0.25) is 0 Å². The van der Waals surface area contributed by atoms with Crippen LogP contribution in [-0.2, 0) is 21.3 Å². The van der Waals surface area contributed by atoms with Crippen molar-refractivity contribution in [1.82, 2.24) is 0 Å². The van der Waals surface area contributed by atoms with Crippen LogP contribution in [0.1, 0.15) is 39.2 Å². The van der Waals surface area contributed by atoms with E-state index >= 15 is 0 Å². The minimum absolute atomic E-state index is 0. The van der Waals surface area contributed by atoms with Crippen LogP contribution in [0.4, 0.5) is 0 Å². The zero-order valence-electron chi connectivity index (χ0n) is 17.5. The van der Waals surface area contributed by atoms with Crippen molar-refractivity contribution in [1.29, 1.82) is 0 Å². The number of fused-ring (bicyclic) bond motifs is 1. The molecule has 2 aliphatic carbocycles. The Labute approximate surface area is 205 Å². The van der Waals surface area contributed by atoms with Crippen molar-refractivity contribution in [2.45, 2.75) is 17.0 Å². The predicted molar refractivity (Wildman–Crippen MR) is 135 cm³/mol. The summed E-state index contributed by atoms with van der Waals surface area (Å²) in [7, 11) is 0. The van der Waals surface area contributed by atoms with E-state index in [1.807, 2.05) is 0 Å². The van der Waals surface area contributed by atoms with E-state index in [9.17, 15) is 0 Å². The van der Waals surface area contributed by atoms with Crippen molar-refractivity contribution >= 4 is 34.1 Å². The first-order valence-corrected chi connectivity index (χ1v) is 14.2. The van der Waals surface area contributed by atoms with Crippen LogP contribution in [0, 0.1) is 0 Å². The third-order valence-electron chi connectivity index (χ3n) is 6.00. The molecule has 0 aliphatic heterocycles. The maximum atomic E-state index is 2.50. The van der Waals surface area contributed by atoms with Gasteiger partial charge in [0.15, 0.2) is 0 Å². The molecule has 2 aliphatic rings. The van der Waals surface area contributed by atoms with Gasteiger partial charge in [0.1, 0.15) is 0 Å². The number of hydrogen-bond donors (Lipinski definition) is 0. The van der Waals surface area contributed by atoms with E-state index in [0.29, 0.717) is 3.63 Å². The Morgan fingerprint density at radius 2 is 1.32 bits per heavy atom. The summed E-state index contributed by atoms with van der Waals surface area (Å²) in [6.07, 6.45) is 10.7. The van der Waals surface area contributed by atoms with Crippen molar-refractivity contribution in [2.24, 2.45) is 0 Å². The molecule has 3 aromatic rings. The van der Waals surface area contributed by atoms with E-state index in [1.54, 1.807) is 6.49 Å². The molecule has 0 heterocycles. The Bertz CT molecular complexity index is 1130. The summed E-state index contributed by atoms with van der Waals surface area (Å²) in [5.74, 6) is 0. The molecule has 3 heteroatoms. The molecule has 0 fully saturated rings. The van der Waals surface area contributed by atoms with Gasteiger partial charge in [0, 0.05) is 0 Å². The average molecular weight is 525 g/mol. The summed E-state index contributed by atoms with van der Waals surface area (Å²) in [5.41, 5.74) is 7.23. The van der Waals surface area contributed by atoms with E-state index in [0.717, 1.165) is 6.42 Å². The molecular weight excluding hydrogens is 498 g/mol. The van der Waals surface area contributed by atoms with Gasteiger partial charge in [-0.1, -0.05) is 0 Å². The average Bonchev–Trinajstić information content (AvgIpc) is 3.39. The van der Waals surface area contributed by atoms with Crippen molar-refractivity contribution in [3.05, 3.63) is 134 Å². The van der Waals surface area contributed by atoms with Crippen molar-refractivity contribution in [3.63, 3.8) is 0 Å². The van der Waals surface area contributed by atoms with Crippen LogP contribution in [0.3, 0.4) is 0 Å². The Hall–Kier alpha value is -1.79. The minimum Gasteiger partial charge on any atom is -0.147 e. The van der Waals surface area contributed by atoms with Gasteiger partial charge in [-0.05, 0) is 0 Å². The number of hydrogen-bond acceptors (Lipinski definition) is 0. The fourth-order valence-corrected chi connectivity index (χ4v) is 13.6. The van der Waals surface area contributed by atoms with Gasteiger partial charge < -0.3 is 0 Å². The van der Waals surface area contributed by atoms with Crippen LogP contribution in [-0.4, -0.2) is 3.21 Å². The molecule has 0 nitrogen and oxygen atoms in total. The van der Waals surface area contributed by atoms with Crippen molar-refractivity contribution in [2.75, 3.05) is 0 Å². The molecule has 1 atom stereocenters. The van der Waals surface area contributed by atoms with Gasteiger partial charge in [0.25, 0.3) is 0 Å². The van der Waals surface area contributed by atoms with Crippen LogP contribution in [0.25, 0.3) is 6.08 Å². The molecule has 0 spiro atoms. The van der Waals surface area contributed by atoms with E-state index in [4.69, 9.17) is 0 Å². The Morgan fingerprint density at radius 3 is 1.90 bits per heavy atom. The van der Waals surface area contributed by atoms with Crippen molar-refractivity contribution < 1.29 is 21.3 Å². The van der Waals surface area contributed by atoms with E-state index in [2.05, 4.69) is 116 Å². The molecule has 31 heavy (non-hydrogen) atoms. The summed E-state index contributed by atoms with van der Waals surface area (Å²) >= 11 is -2.33. The van der Waals surface area contributed by atoms with Gasteiger partial charge in [-0.3, -0.25) is 0 Å². The molecule has 0 saturated heterocycles. The monoisotopic (exact) mass is 522 g/mol. The second-order valence-electron chi connectivity index (χ2n) is 7.75. The van der Waals surface area contributed by atoms with E-state index in [-0.39, 0.29) is 24.8 Å². The molecule has 0 amide bonds. The number of benzene rings is 3. The number of halogens is 2. The van der Waals surface area contributed by atoms with Crippen molar-refractivity contribution in [3.8, 4) is 0 Å². The number of rotatable bonds is 4. The smallest absolute Gasteiger partial charge is 0.147 e. The maximum Gasteiger partial charge on any atom is -0.147 e. The Kier molecular flexibility index (Phi) is 8.23. The van der Waals surface area contributed by atoms with Crippen LogP contribution < -0.4 is 0 Å². The SMILES string of the molecule is CC1=[C]([Zr](=[C](c2ccccc2)c2ccccc2)[CH]2C=Cc3ccccc32)CC=C1.Cl.Cl. The topological polar surface area (TPSA) is 0 Å². The Morgan fingerprint density at radius 1 is 0.742 bits per heavy atom. The fourth-order valence-electron chi connectivity index (χ4n) is 4.62. The first-order valence-electron chi connectivity index (χ1n) is 10.3. The Balaban J connectivity index is 0.00000136. The molecule has 1 unspecified atom stereocenters. The number of allylic oxidation sites excluding steroid dienone is 5. The maximum absolute atomic E-state index is 2.50.